The molecule has 1 aromatic rings. The quantitative estimate of drug-likeness (QED) is 0.613. The molecule has 1 aliphatic rings. The van der Waals surface area contributed by atoms with Crippen LogP contribution in [0.1, 0.15) is 37.0 Å². The molecular weight excluding hydrogens is 328 g/mol. The van der Waals surface area contributed by atoms with Crippen molar-refractivity contribution < 1.29 is 29.6 Å². The van der Waals surface area contributed by atoms with E-state index in [0.29, 0.717) is 32.5 Å². The maximum absolute atomic E-state index is 12.2. The fourth-order valence-corrected chi connectivity index (χ4v) is 2.54. The van der Waals surface area contributed by atoms with Crippen LogP contribution in [0.5, 0.6) is 17.2 Å². The number of piperidine rings is 1. The Labute approximate surface area is 146 Å². The highest BCUT2D eigenvalue weighted by Crippen LogP contribution is 2.35. The second-order valence-electron chi connectivity index (χ2n) is 6.57. The Morgan fingerprint density at radius 1 is 1.20 bits per heavy atom. The van der Waals surface area contributed by atoms with Crippen LogP contribution < -0.4 is 5.32 Å². The molecule has 4 N–H and O–H groups in total. The van der Waals surface area contributed by atoms with E-state index in [1.54, 1.807) is 4.90 Å². The van der Waals surface area contributed by atoms with Gasteiger partial charge < -0.3 is 30.3 Å². The first kappa shape index (κ1) is 18.7. The van der Waals surface area contributed by atoms with E-state index in [0.717, 1.165) is 12.1 Å². The smallest absolute Gasteiger partial charge is 0.409 e. The summed E-state index contributed by atoms with van der Waals surface area (Å²) in [6, 6.07) is 2.05. The molecule has 8 heteroatoms. The number of hydrogen-bond donors (Lipinski definition) is 4. The standard InChI is InChI=1S/C17H24N2O6/c1-10(2)9-25-17(24)19-5-3-12(4-6-19)18-16(23)11-7-13(20)15(22)14(21)8-11/h7-8,10,12,20-22H,3-6,9H2,1-2H3,(H,18,23). The molecule has 1 heterocycles. The van der Waals surface area contributed by atoms with E-state index in [-0.39, 0.29) is 23.6 Å². The molecule has 1 fully saturated rings. The van der Waals surface area contributed by atoms with Gasteiger partial charge in [-0.25, -0.2) is 4.79 Å². The number of likely N-dealkylation sites (tertiary alicyclic amines) is 1. The van der Waals surface area contributed by atoms with Crippen LogP contribution in [0.3, 0.4) is 0 Å². The highest BCUT2D eigenvalue weighted by Gasteiger charge is 2.25. The Morgan fingerprint density at radius 2 is 1.76 bits per heavy atom. The molecule has 0 unspecified atom stereocenters. The molecular formula is C17H24N2O6. The normalized spacial score (nSPS) is 15.2. The molecule has 0 bridgehead atoms. The summed E-state index contributed by atoms with van der Waals surface area (Å²) in [5.74, 6) is -1.98. The first-order chi connectivity index (χ1) is 11.8. The molecule has 1 saturated heterocycles. The van der Waals surface area contributed by atoms with Crippen LogP contribution in [-0.2, 0) is 4.74 Å². The van der Waals surface area contributed by atoms with Crippen molar-refractivity contribution in [2.75, 3.05) is 19.7 Å². The highest BCUT2D eigenvalue weighted by molar-refractivity contribution is 5.95. The van der Waals surface area contributed by atoms with Gasteiger partial charge in [0.1, 0.15) is 0 Å². The van der Waals surface area contributed by atoms with E-state index in [2.05, 4.69) is 5.32 Å². The molecule has 1 aliphatic heterocycles. The highest BCUT2D eigenvalue weighted by atomic mass is 16.6. The maximum atomic E-state index is 12.2. The molecule has 1 aromatic carbocycles. The lowest BCUT2D eigenvalue weighted by Crippen LogP contribution is -2.46. The fraction of sp³-hybridized carbons (Fsp3) is 0.529. The van der Waals surface area contributed by atoms with Crippen molar-refractivity contribution in [3.05, 3.63) is 17.7 Å². The average molecular weight is 352 g/mol. The van der Waals surface area contributed by atoms with E-state index >= 15 is 0 Å². The minimum absolute atomic E-state index is 0.0478. The van der Waals surface area contributed by atoms with Crippen molar-refractivity contribution in [2.24, 2.45) is 5.92 Å². The van der Waals surface area contributed by atoms with Crippen LogP contribution in [0.2, 0.25) is 0 Å². The minimum atomic E-state index is -0.662. The Morgan fingerprint density at radius 3 is 2.28 bits per heavy atom. The van der Waals surface area contributed by atoms with Crippen molar-refractivity contribution >= 4 is 12.0 Å². The second kappa shape index (κ2) is 7.96. The second-order valence-corrected chi connectivity index (χ2v) is 6.57. The fourth-order valence-electron chi connectivity index (χ4n) is 2.54. The summed E-state index contributed by atoms with van der Waals surface area (Å²) >= 11 is 0. The molecule has 0 aliphatic carbocycles. The van der Waals surface area contributed by atoms with Crippen LogP contribution in [0.15, 0.2) is 12.1 Å². The van der Waals surface area contributed by atoms with Gasteiger partial charge in [-0.1, -0.05) is 13.8 Å². The largest absolute Gasteiger partial charge is 0.504 e. The molecule has 0 radical (unpaired) electrons. The number of nitrogens with zero attached hydrogens (tertiary/aromatic N) is 1. The number of amides is 2. The summed E-state index contributed by atoms with van der Waals surface area (Å²) in [6.45, 7) is 5.27. The summed E-state index contributed by atoms with van der Waals surface area (Å²) in [7, 11) is 0. The Kier molecular flexibility index (Phi) is 5.95. The van der Waals surface area contributed by atoms with E-state index in [1.165, 1.54) is 0 Å². The van der Waals surface area contributed by atoms with Gasteiger partial charge >= 0.3 is 6.09 Å². The Bertz CT molecular complexity index is 615. The number of ether oxygens (including phenoxy) is 1. The molecule has 0 saturated carbocycles. The van der Waals surface area contributed by atoms with Crippen molar-refractivity contribution in [1.29, 1.82) is 0 Å². The molecule has 0 aromatic heterocycles. The number of phenols is 3. The monoisotopic (exact) mass is 352 g/mol. The maximum Gasteiger partial charge on any atom is 0.409 e. The van der Waals surface area contributed by atoms with E-state index < -0.39 is 23.2 Å². The van der Waals surface area contributed by atoms with E-state index in [9.17, 15) is 24.9 Å². The third kappa shape index (κ3) is 4.91. The number of aromatic hydroxyl groups is 3. The number of carbonyl (C=O) groups is 2. The zero-order chi connectivity index (χ0) is 18.6. The first-order valence-electron chi connectivity index (χ1n) is 8.25. The number of benzene rings is 1. The minimum Gasteiger partial charge on any atom is -0.504 e. The Balaban J connectivity index is 1.85. The summed E-state index contributed by atoms with van der Waals surface area (Å²) < 4.78 is 5.19. The summed E-state index contributed by atoms with van der Waals surface area (Å²) in [6.07, 6.45) is 0.823. The summed E-state index contributed by atoms with van der Waals surface area (Å²) in [5, 5.41) is 31.1. The van der Waals surface area contributed by atoms with Crippen LogP contribution in [0, 0.1) is 5.92 Å². The topological polar surface area (TPSA) is 119 Å². The average Bonchev–Trinajstić information content (AvgIpc) is 2.57. The predicted molar refractivity (Wildman–Crippen MR) is 89.7 cm³/mol. The van der Waals surface area contributed by atoms with Crippen LogP contribution in [-0.4, -0.2) is 58.0 Å². The predicted octanol–water partition coefficient (Wildman–Crippen LogP) is 1.79. The lowest BCUT2D eigenvalue weighted by Gasteiger charge is -2.31. The van der Waals surface area contributed by atoms with Gasteiger partial charge in [0.25, 0.3) is 5.91 Å². The van der Waals surface area contributed by atoms with Crippen molar-refractivity contribution in [1.82, 2.24) is 10.2 Å². The molecule has 2 rings (SSSR count). The zero-order valence-corrected chi connectivity index (χ0v) is 14.4. The zero-order valence-electron chi connectivity index (χ0n) is 14.4. The SMILES string of the molecule is CC(C)COC(=O)N1CCC(NC(=O)c2cc(O)c(O)c(O)c2)CC1. The van der Waals surface area contributed by atoms with Crippen molar-refractivity contribution in [2.45, 2.75) is 32.7 Å². The molecule has 25 heavy (non-hydrogen) atoms. The van der Waals surface area contributed by atoms with Gasteiger partial charge in [-0.15, -0.1) is 0 Å². The van der Waals surface area contributed by atoms with Gasteiger partial charge in [0, 0.05) is 24.7 Å². The van der Waals surface area contributed by atoms with Gasteiger partial charge in [0.05, 0.1) is 6.61 Å². The van der Waals surface area contributed by atoms with E-state index in [4.69, 9.17) is 4.74 Å². The number of nitrogens with one attached hydrogen (secondary N) is 1. The first-order valence-corrected chi connectivity index (χ1v) is 8.25. The van der Waals surface area contributed by atoms with Crippen molar-refractivity contribution in [3.63, 3.8) is 0 Å². The molecule has 138 valence electrons. The number of hydrogen-bond acceptors (Lipinski definition) is 6. The van der Waals surface area contributed by atoms with Crippen LogP contribution >= 0.6 is 0 Å². The molecule has 0 atom stereocenters. The molecule has 2 amide bonds. The lowest BCUT2D eigenvalue weighted by molar-refractivity contribution is 0.0785. The number of carbonyl (C=O) groups excluding carboxylic acids is 2. The summed E-state index contributed by atoms with van der Waals surface area (Å²) in [5.41, 5.74) is 0.0478. The third-order valence-electron chi connectivity index (χ3n) is 3.96. The van der Waals surface area contributed by atoms with Gasteiger partial charge in [0.15, 0.2) is 17.2 Å². The van der Waals surface area contributed by atoms with Gasteiger partial charge in [-0.3, -0.25) is 4.79 Å². The van der Waals surface area contributed by atoms with Gasteiger partial charge in [0.2, 0.25) is 0 Å². The van der Waals surface area contributed by atoms with Crippen LogP contribution in [0.4, 0.5) is 4.79 Å². The van der Waals surface area contributed by atoms with Crippen LogP contribution in [0.25, 0.3) is 0 Å². The van der Waals surface area contributed by atoms with Crippen molar-refractivity contribution in [3.8, 4) is 17.2 Å². The lowest BCUT2D eigenvalue weighted by atomic mass is 10.0. The van der Waals surface area contributed by atoms with E-state index in [1.807, 2.05) is 13.8 Å². The number of phenolic OH excluding ortho intramolecular Hbond substituents is 3. The molecule has 0 spiro atoms. The summed E-state index contributed by atoms with van der Waals surface area (Å²) in [4.78, 5) is 25.7. The van der Waals surface area contributed by atoms with Gasteiger partial charge in [-0.05, 0) is 30.9 Å². The number of rotatable bonds is 4. The Hall–Kier alpha value is -2.64. The van der Waals surface area contributed by atoms with Gasteiger partial charge in [-0.2, -0.15) is 0 Å². The molecule has 8 nitrogen and oxygen atoms in total. The third-order valence-corrected chi connectivity index (χ3v) is 3.96.